The molecule has 1 aliphatic heterocycles. The van der Waals surface area contributed by atoms with E-state index in [1.54, 1.807) is 38.3 Å². The highest BCUT2D eigenvalue weighted by Gasteiger charge is 2.05. The summed E-state index contributed by atoms with van der Waals surface area (Å²) in [5.41, 5.74) is 1.64. The molecule has 2 rings (SSSR count). The number of aliphatic imine (C=N–C) groups is 1. The monoisotopic (exact) mass is 186 g/mol. The first kappa shape index (κ1) is 8.81. The molecule has 0 amide bonds. The number of aromatic nitrogens is 1. The number of anilines is 1. The zero-order valence-corrected chi connectivity index (χ0v) is 7.77. The minimum atomic E-state index is 0.737. The molecule has 1 aliphatic rings. The predicted molar refractivity (Wildman–Crippen MR) is 56.5 cm³/mol. The minimum Gasteiger partial charge on any atom is -0.555 e. The van der Waals surface area contributed by atoms with Gasteiger partial charge in [0.25, 0.3) is 0 Å². The molecule has 0 aromatic carbocycles. The number of hydrogen-bond donors (Lipinski definition) is 1. The van der Waals surface area contributed by atoms with Crippen LogP contribution in [-0.4, -0.2) is 18.1 Å². The summed E-state index contributed by atoms with van der Waals surface area (Å²) in [6.45, 7) is 1.87. The Bertz CT molecular complexity index is 389. The van der Waals surface area contributed by atoms with Crippen LogP contribution in [0.5, 0.6) is 5.75 Å². The minimum absolute atomic E-state index is 0.737. The van der Waals surface area contributed by atoms with Crippen molar-refractivity contribution in [2.75, 3.05) is 5.32 Å². The molecule has 4 nitrogen and oxygen atoms in total. The summed E-state index contributed by atoms with van der Waals surface area (Å²) in [6.07, 6.45) is 6.81. The first-order chi connectivity index (χ1) is 6.86. The van der Waals surface area contributed by atoms with Crippen LogP contribution in [0, 0.1) is 0 Å². The smallest absolute Gasteiger partial charge is 0.424 e. The average molecular weight is 186 g/mol. The fourth-order valence-corrected chi connectivity index (χ4v) is 1.05. The SMILES string of the molecule is CC1=N/C=C\Nc2cnccc2O[B]1. The van der Waals surface area contributed by atoms with Crippen molar-refractivity contribution in [2.45, 2.75) is 6.92 Å². The number of nitrogens with zero attached hydrogens (tertiary/aromatic N) is 2. The van der Waals surface area contributed by atoms with E-state index in [-0.39, 0.29) is 0 Å². The fraction of sp³-hybridized carbons (Fsp3) is 0.111. The second-order valence-electron chi connectivity index (χ2n) is 2.84. The molecule has 0 bridgehead atoms. The van der Waals surface area contributed by atoms with Crippen LogP contribution in [-0.2, 0) is 0 Å². The Hall–Kier alpha value is -1.78. The van der Waals surface area contributed by atoms with Gasteiger partial charge in [0, 0.05) is 24.2 Å². The highest BCUT2D eigenvalue weighted by molar-refractivity contribution is 6.70. The molecule has 0 saturated heterocycles. The first-order valence-electron chi connectivity index (χ1n) is 4.26. The third kappa shape index (κ3) is 1.93. The number of nitrogens with one attached hydrogen (secondary N) is 1. The Morgan fingerprint density at radius 2 is 2.43 bits per heavy atom. The molecule has 1 aromatic rings. The Labute approximate surface area is 83.0 Å². The van der Waals surface area contributed by atoms with Crippen molar-refractivity contribution in [1.82, 2.24) is 4.98 Å². The van der Waals surface area contributed by atoms with Crippen LogP contribution in [0.3, 0.4) is 0 Å². The maximum Gasteiger partial charge on any atom is 0.424 e. The molecular weight excluding hydrogens is 177 g/mol. The van der Waals surface area contributed by atoms with Crippen molar-refractivity contribution >= 4 is 18.8 Å². The van der Waals surface area contributed by atoms with Gasteiger partial charge in [0.1, 0.15) is 5.75 Å². The molecule has 1 radical (unpaired) electrons. The van der Waals surface area contributed by atoms with Crippen molar-refractivity contribution in [3.63, 3.8) is 0 Å². The van der Waals surface area contributed by atoms with Gasteiger partial charge in [-0.05, 0) is 13.0 Å². The molecule has 0 spiro atoms. The molecule has 0 aliphatic carbocycles. The van der Waals surface area contributed by atoms with Gasteiger partial charge in [-0.2, -0.15) is 0 Å². The molecule has 0 unspecified atom stereocenters. The van der Waals surface area contributed by atoms with Gasteiger partial charge in [0.2, 0.25) is 0 Å². The first-order valence-corrected chi connectivity index (χ1v) is 4.26. The molecule has 69 valence electrons. The molecule has 0 atom stereocenters. The van der Waals surface area contributed by atoms with Gasteiger partial charge in [-0.25, -0.2) is 0 Å². The van der Waals surface area contributed by atoms with Gasteiger partial charge in [-0.1, -0.05) is 0 Å². The molecule has 2 heterocycles. The third-order valence-electron chi connectivity index (χ3n) is 1.73. The Kier molecular flexibility index (Phi) is 2.49. The van der Waals surface area contributed by atoms with E-state index in [1.165, 1.54) is 0 Å². The standard InChI is InChI=1S/C9H9BN3O/c1-7-10-14-9-2-3-11-6-8(9)13-5-4-12-7/h2-6,13H,1H3/b5-4-,12-7?. The summed E-state index contributed by atoms with van der Waals surface area (Å²) in [6, 6.07) is 1.80. The average Bonchev–Trinajstić information content (AvgIpc) is 2.30. The van der Waals surface area contributed by atoms with Crippen LogP contribution in [0.2, 0.25) is 0 Å². The van der Waals surface area contributed by atoms with Crippen molar-refractivity contribution in [3.05, 3.63) is 30.9 Å². The van der Waals surface area contributed by atoms with E-state index in [0.29, 0.717) is 0 Å². The molecule has 0 fully saturated rings. The number of pyridine rings is 1. The second kappa shape index (κ2) is 3.96. The maximum atomic E-state index is 5.42. The van der Waals surface area contributed by atoms with Gasteiger partial charge in [0.15, 0.2) is 0 Å². The lowest BCUT2D eigenvalue weighted by Gasteiger charge is -2.08. The van der Waals surface area contributed by atoms with E-state index in [1.807, 2.05) is 6.92 Å². The van der Waals surface area contributed by atoms with Crippen molar-refractivity contribution < 1.29 is 4.65 Å². The van der Waals surface area contributed by atoms with Gasteiger partial charge in [0.05, 0.1) is 11.9 Å². The van der Waals surface area contributed by atoms with Crippen LogP contribution in [0.25, 0.3) is 0 Å². The molecule has 0 saturated carbocycles. The summed E-state index contributed by atoms with van der Waals surface area (Å²) in [7, 11) is 1.61. The number of rotatable bonds is 0. The maximum absolute atomic E-state index is 5.42. The highest BCUT2D eigenvalue weighted by Crippen LogP contribution is 2.22. The Morgan fingerprint density at radius 1 is 1.50 bits per heavy atom. The van der Waals surface area contributed by atoms with Crippen molar-refractivity contribution in [3.8, 4) is 5.75 Å². The summed E-state index contributed by atoms with van der Waals surface area (Å²) in [5.74, 6) is 0.737. The van der Waals surface area contributed by atoms with Gasteiger partial charge < -0.3 is 9.97 Å². The normalized spacial score (nSPS) is 16.8. The lowest BCUT2D eigenvalue weighted by atomic mass is 9.93. The van der Waals surface area contributed by atoms with Crippen LogP contribution in [0.15, 0.2) is 35.9 Å². The van der Waals surface area contributed by atoms with Crippen LogP contribution in [0.1, 0.15) is 6.92 Å². The Morgan fingerprint density at radius 3 is 3.36 bits per heavy atom. The summed E-state index contributed by atoms with van der Waals surface area (Å²) >= 11 is 0. The molecule has 1 aromatic heterocycles. The summed E-state index contributed by atoms with van der Waals surface area (Å²) in [5, 5.41) is 3.03. The molecule has 14 heavy (non-hydrogen) atoms. The van der Waals surface area contributed by atoms with Gasteiger partial charge in [-0.15, -0.1) is 0 Å². The van der Waals surface area contributed by atoms with E-state index < -0.39 is 0 Å². The zero-order chi connectivity index (χ0) is 9.80. The highest BCUT2D eigenvalue weighted by atomic mass is 16.4. The van der Waals surface area contributed by atoms with E-state index in [0.717, 1.165) is 17.0 Å². The predicted octanol–water partition coefficient (Wildman–Crippen LogP) is 1.39. The second-order valence-corrected chi connectivity index (χ2v) is 2.84. The quantitative estimate of drug-likeness (QED) is 0.622. The van der Waals surface area contributed by atoms with Crippen LogP contribution < -0.4 is 9.97 Å². The number of hydrogen-bond acceptors (Lipinski definition) is 4. The third-order valence-corrected chi connectivity index (χ3v) is 1.73. The zero-order valence-electron chi connectivity index (χ0n) is 7.77. The molecular formula is C9H9BN3O. The van der Waals surface area contributed by atoms with Gasteiger partial charge in [-0.3, -0.25) is 9.98 Å². The molecule has 5 heteroatoms. The number of fused-ring (bicyclic) bond motifs is 1. The lowest BCUT2D eigenvalue weighted by molar-refractivity contribution is 0.608. The summed E-state index contributed by atoms with van der Waals surface area (Å²) < 4.78 is 5.42. The topological polar surface area (TPSA) is 46.5 Å². The summed E-state index contributed by atoms with van der Waals surface area (Å²) in [4.78, 5) is 8.09. The van der Waals surface area contributed by atoms with E-state index in [9.17, 15) is 0 Å². The fourth-order valence-electron chi connectivity index (χ4n) is 1.05. The molecule has 1 N–H and O–H groups in total. The van der Waals surface area contributed by atoms with Gasteiger partial charge >= 0.3 is 7.48 Å². The van der Waals surface area contributed by atoms with Crippen LogP contribution in [0.4, 0.5) is 5.69 Å². The van der Waals surface area contributed by atoms with E-state index in [4.69, 9.17) is 4.65 Å². The van der Waals surface area contributed by atoms with Crippen molar-refractivity contribution in [2.24, 2.45) is 4.99 Å². The lowest BCUT2D eigenvalue weighted by Crippen LogP contribution is -2.12. The van der Waals surface area contributed by atoms with E-state index in [2.05, 4.69) is 15.3 Å². The van der Waals surface area contributed by atoms with Crippen LogP contribution >= 0.6 is 0 Å². The van der Waals surface area contributed by atoms with Crippen molar-refractivity contribution in [1.29, 1.82) is 0 Å². The largest absolute Gasteiger partial charge is 0.555 e. The Balaban J connectivity index is 2.30. The van der Waals surface area contributed by atoms with E-state index >= 15 is 0 Å².